The van der Waals surface area contributed by atoms with Gasteiger partial charge in [-0.2, -0.15) is 24.9 Å². The summed E-state index contributed by atoms with van der Waals surface area (Å²) in [6, 6.07) is 5.27. The van der Waals surface area contributed by atoms with Crippen molar-refractivity contribution >= 4 is 23.4 Å². The van der Waals surface area contributed by atoms with Crippen molar-refractivity contribution < 1.29 is 27.1 Å². The molecule has 1 aliphatic heterocycles. The van der Waals surface area contributed by atoms with Gasteiger partial charge in [-0.15, -0.1) is 0 Å². The molecule has 1 aromatic heterocycles. The summed E-state index contributed by atoms with van der Waals surface area (Å²) in [5, 5.41) is 2.30. The Bertz CT molecular complexity index is 790. The van der Waals surface area contributed by atoms with Gasteiger partial charge in [0.2, 0.25) is 5.88 Å². The fourth-order valence-corrected chi connectivity index (χ4v) is 3.48. The molecule has 26 heavy (non-hydrogen) atoms. The van der Waals surface area contributed by atoms with Crippen molar-refractivity contribution in [2.24, 2.45) is 0 Å². The van der Waals surface area contributed by atoms with Crippen LogP contribution in [0.25, 0.3) is 0 Å². The highest BCUT2D eigenvalue weighted by Gasteiger charge is 2.34. The summed E-state index contributed by atoms with van der Waals surface area (Å²) < 4.78 is 57.1. The van der Waals surface area contributed by atoms with Crippen molar-refractivity contribution in [3.8, 4) is 5.88 Å². The third-order valence-electron chi connectivity index (χ3n) is 3.70. The SMILES string of the molecule is O=C(Nc1ccc(F)c(C(F)(F)F)c1)c1ccc(OC2CCSC2)nc1. The Hall–Kier alpha value is -2.29. The molecule has 2 aromatic rings. The number of halogens is 4. The average molecular weight is 386 g/mol. The number of aromatic nitrogens is 1. The Kier molecular flexibility index (Phi) is 5.36. The van der Waals surface area contributed by atoms with Crippen LogP contribution in [0, 0.1) is 5.82 Å². The molecular weight excluding hydrogens is 372 g/mol. The van der Waals surface area contributed by atoms with Crippen molar-refractivity contribution in [2.45, 2.75) is 18.7 Å². The van der Waals surface area contributed by atoms with E-state index in [-0.39, 0.29) is 17.4 Å². The highest BCUT2D eigenvalue weighted by atomic mass is 32.2. The number of alkyl halides is 3. The fourth-order valence-electron chi connectivity index (χ4n) is 2.38. The third-order valence-corrected chi connectivity index (χ3v) is 4.84. The Balaban J connectivity index is 1.68. The van der Waals surface area contributed by atoms with Crippen LogP contribution in [0.2, 0.25) is 0 Å². The van der Waals surface area contributed by atoms with Gasteiger partial charge in [-0.1, -0.05) is 0 Å². The van der Waals surface area contributed by atoms with E-state index in [0.29, 0.717) is 18.0 Å². The summed E-state index contributed by atoms with van der Waals surface area (Å²) in [5.41, 5.74) is -1.45. The number of benzene rings is 1. The number of nitrogens with zero attached hydrogens (tertiary/aromatic N) is 1. The maximum Gasteiger partial charge on any atom is 0.419 e. The number of ether oxygens (including phenoxy) is 1. The van der Waals surface area contributed by atoms with E-state index in [1.165, 1.54) is 18.3 Å². The quantitative estimate of drug-likeness (QED) is 0.793. The molecular formula is C17H14F4N2O2S. The topological polar surface area (TPSA) is 51.2 Å². The lowest BCUT2D eigenvalue weighted by atomic mass is 10.1. The molecule has 0 aliphatic carbocycles. The molecule has 2 heterocycles. The Morgan fingerprint density at radius 2 is 2.08 bits per heavy atom. The number of nitrogens with one attached hydrogen (secondary N) is 1. The van der Waals surface area contributed by atoms with Crippen LogP contribution in [0.1, 0.15) is 22.3 Å². The van der Waals surface area contributed by atoms with E-state index >= 15 is 0 Å². The van der Waals surface area contributed by atoms with Gasteiger partial charge in [-0.25, -0.2) is 9.37 Å². The molecule has 1 amide bonds. The Labute approximate surface area is 151 Å². The Morgan fingerprint density at radius 3 is 2.69 bits per heavy atom. The molecule has 1 fully saturated rings. The molecule has 0 radical (unpaired) electrons. The molecule has 1 N–H and O–H groups in total. The molecule has 1 unspecified atom stereocenters. The minimum atomic E-state index is -4.84. The van der Waals surface area contributed by atoms with E-state index in [0.717, 1.165) is 24.0 Å². The van der Waals surface area contributed by atoms with Gasteiger partial charge in [0.15, 0.2) is 0 Å². The summed E-state index contributed by atoms with van der Waals surface area (Å²) in [5.74, 6) is 0.248. The lowest BCUT2D eigenvalue weighted by Gasteiger charge is -2.12. The van der Waals surface area contributed by atoms with Gasteiger partial charge in [0.1, 0.15) is 11.9 Å². The molecule has 0 saturated carbocycles. The number of thioether (sulfide) groups is 1. The first-order valence-electron chi connectivity index (χ1n) is 7.71. The highest BCUT2D eigenvalue weighted by molar-refractivity contribution is 7.99. The zero-order valence-corrected chi connectivity index (χ0v) is 14.2. The van der Waals surface area contributed by atoms with E-state index < -0.39 is 23.5 Å². The van der Waals surface area contributed by atoms with Crippen LogP contribution in [0.4, 0.5) is 23.2 Å². The van der Waals surface area contributed by atoms with Crippen LogP contribution in [-0.4, -0.2) is 28.5 Å². The van der Waals surface area contributed by atoms with E-state index in [1.54, 1.807) is 11.8 Å². The molecule has 3 rings (SSSR count). The Morgan fingerprint density at radius 1 is 1.27 bits per heavy atom. The minimum absolute atomic E-state index is 0.0900. The van der Waals surface area contributed by atoms with E-state index in [9.17, 15) is 22.4 Å². The number of anilines is 1. The first kappa shape index (κ1) is 18.5. The smallest absolute Gasteiger partial charge is 0.419 e. The molecule has 1 saturated heterocycles. The lowest BCUT2D eigenvalue weighted by molar-refractivity contribution is -0.139. The van der Waals surface area contributed by atoms with Crippen LogP contribution in [-0.2, 0) is 6.18 Å². The molecule has 0 spiro atoms. The monoisotopic (exact) mass is 386 g/mol. The summed E-state index contributed by atoms with van der Waals surface area (Å²) in [6.45, 7) is 0. The second-order valence-electron chi connectivity index (χ2n) is 5.64. The summed E-state index contributed by atoms with van der Waals surface area (Å²) in [7, 11) is 0. The van der Waals surface area contributed by atoms with Crippen molar-refractivity contribution in [3.05, 3.63) is 53.5 Å². The maximum absolute atomic E-state index is 13.3. The standard InChI is InChI=1S/C17H14F4N2O2S/c18-14-3-2-11(7-13(14)17(19,20)21)23-16(24)10-1-4-15(22-8-10)25-12-5-6-26-9-12/h1-4,7-8,12H,5-6,9H2,(H,23,24). The predicted molar refractivity (Wildman–Crippen MR) is 90.0 cm³/mol. The number of hydrogen-bond acceptors (Lipinski definition) is 4. The first-order chi connectivity index (χ1) is 12.3. The van der Waals surface area contributed by atoms with Gasteiger partial charge >= 0.3 is 6.18 Å². The largest absolute Gasteiger partial charge is 0.473 e. The zero-order valence-electron chi connectivity index (χ0n) is 13.3. The summed E-state index contributed by atoms with van der Waals surface area (Å²) in [6.07, 6.45) is -2.54. The fraction of sp³-hybridized carbons (Fsp3) is 0.294. The molecule has 1 atom stereocenters. The van der Waals surface area contributed by atoms with Crippen molar-refractivity contribution in [1.29, 1.82) is 0 Å². The normalized spacial score (nSPS) is 17.2. The van der Waals surface area contributed by atoms with Gasteiger partial charge in [0.25, 0.3) is 5.91 Å². The van der Waals surface area contributed by atoms with E-state index in [4.69, 9.17) is 4.74 Å². The van der Waals surface area contributed by atoms with Crippen molar-refractivity contribution in [2.75, 3.05) is 16.8 Å². The molecule has 4 nitrogen and oxygen atoms in total. The van der Waals surface area contributed by atoms with Gasteiger partial charge < -0.3 is 10.1 Å². The maximum atomic E-state index is 13.3. The van der Waals surface area contributed by atoms with Gasteiger partial charge in [-0.05, 0) is 36.4 Å². The third kappa shape index (κ3) is 4.46. The van der Waals surface area contributed by atoms with E-state index in [2.05, 4.69) is 10.3 Å². The van der Waals surface area contributed by atoms with Crippen LogP contribution in [0.15, 0.2) is 36.5 Å². The lowest BCUT2D eigenvalue weighted by Crippen LogP contribution is -2.16. The highest BCUT2D eigenvalue weighted by Crippen LogP contribution is 2.33. The van der Waals surface area contributed by atoms with Gasteiger partial charge in [0, 0.05) is 23.7 Å². The minimum Gasteiger partial charge on any atom is -0.473 e. The van der Waals surface area contributed by atoms with Crippen molar-refractivity contribution in [1.82, 2.24) is 4.98 Å². The predicted octanol–water partition coefficient (Wildman–Crippen LogP) is 4.38. The second-order valence-corrected chi connectivity index (χ2v) is 6.78. The average Bonchev–Trinajstić information content (AvgIpc) is 3.09. The molecule has 138 valence electrons. The molecule has 0 bridgehead atoms. The van der Waals surface area contributed by atoms with Crippen LogP contribution < -0.4 is 10.1 Å². The molecule has 1 aliphatic rings. The summed E-state index contributed by atoms with van der Waals surface area (Å²) >= 11 is 1.79. The molecule has 9 heteroatoms. The molecule has 1 aromatic carbocycles. The number of carbonyl (C=O) groups excluding carboxylic acids is 1. The van der Waals surface area contributed by atoms with Crippen molar-refractivity contribution in [3.63, 3.8) is 0 Å². The van der Waals surface area contributed by atoms with Crippen LogP contribution in [0.3, 0.4) is 0 Å². The number of amides is 1. The van der Waals surface area contributed by atoms with Crippen LogP contribution >= 0.6 is 11.8 Å². The number of pyridine rings is 1. The second kappa shape index (κ2) is 7.53. The van der Waals surface area contributed by atoms with Crippen LogP contribution in [0.5, 0.6) is 5.88 Å². The summed E-state index contributed by atoms with van der Waals surface area (Å²) in [4.78, 5) is 16.2. The first-order valence-corrected chi connectivity index (χ1v) is 8.87. The number of carbonyl (C=O) groups is 1. The zero-order chi connectivity index (χ0) is 18.7. The number of hydrogen-bond donors (Lipinski definition) is 1. The van der Waals surface area contributed by atoms with Gasteiger partial charge in [-0.3, -0.25) is 4.79 Å². The van der Waals surface area contributed by atoms with Gasteiger partial charge in [0.05, 0.1) is 11.1 Å². The number of rotatable bonds is 4. The van der Waals surface area contributed by atoms with E-state index in [1.807, 2.05) is 0 Å².